The van der Waals surface area contributed by atoms with Crippen LogP contribution in [0.1, 0.15) is 5.56 Å². The molecule has 0 saturated carbocycles. The van der Waals surface area contributed by atoms with Crippen molar-refractivity contribution in [2.75, 3.05) is 6.61 Å². The number of rotatable bonds is 3. The summed E-state index contributed by atoms with van der Waals surface area (Å²) in [4.78, 5) is 11.8. The topological polar surface area (TPSA) is 31.2 Å². The van der Waals surface area contributed by atoms with Crippen molar-refractivity contribution in [2.24, 2.45) is 7.05 Å². The molecule has 2 aromatic rings. The fourth-order valence-electron chi connectivity index (χ4n) is 1.93. The number of benzene rings is 1. The molecule has 1 heterocycles. The van der Waals surface area contributed by atoms with E-state index in [1.807, 2.05) is 25.1 Å². The third kappa shape index (κ3) is 3.98. The molecule has 0 aliphatic heterocycles. The smallest absolute Gasteiger partial charge is 0.212 e. The number of ether oxygens (including phenoxy) is 1. The van der Waals surface area contributed by atoms with E-state index in [0.29, 0.717) is 11.4 Å². The predicted molar refractivity (Wildman–Crippen MR) is 80.0 cm³/mol. The van der Waals surface area contributed by atoms with Crippen LogP contribution < -0.4 is 10.3 Å². The summed E-state index contributed by atoms with van der Waals surface area (Å²) in [5.41, 5.74) is 2.30. The third-order valence-electron chi connectivity index (χ3n) is 2.96. The third-order valence-corrected chi connectivity index (χ3v) is 3.23. The molecule has 1 aromatic heterocycles. The molecular formula is C16H13ClNO2Y-. The molecule has 1 aromatic carbocycles. The number of pyridine rings is 1. The Morgan fingerprint density at radius 3 is 2.81 bits per heavy atom. The SMILES string of the molecule is C#CCOc1ccc(-c2[c-]cc(Cl)c(=O)n2C)c(C)c1.[Y]. The van der Waals surface area contributed by atoms with Gasteiger partial charge in [-0.05, 0) is 12.1 Å². The number of hydrogen-bond donors (Lipinski definition) is 0. The fourth-order valence-corrected chi connectivity index (χ4v) is 2.11. The Labute approximate surface area is 154 Å². The maximum Gasteiger partial charge on any atom is 0.212 e. The second-order valence-corrected chi connectivity index (χ2v) is 4.73. The Balaban J connectivity index is 0.00000220. The van der Waals surface area contributed by atoms with Gasteiger partial charge in [-0.2, -0.15) is 23.7 Å². The van der Waals surface area contributed by atoms with E-state index in [4.69, 9.17) is 22.8 Å². The maximum absolute atomic E-state index is 11.8. The number of nitrogens with zero attached hydrogens (tertiary/aromatic N) is 1. The minimum Gasteiger partial charge on any atom is -0.481 e. The molecule has 0 amide bonds. The van der Waals surface area contributed by atoms with Crippen LogP contribution in [0.3, 0.4) is 0 Å². The number of halogens is 1. The van der Waals surface area contributed by atoms with E-state index in [0.717, 1.165) is 11.1 Å². The van der Waals surface area contributed by atoms with E-state index in [9.17, 15) is 4.79 Å². The van der Waals surface area contributed by atoms with Crippen molar-refractivity contribution in [1.29, 1.82) is 0 Å². The van der Waals surface area contributed by atoms with Crippen molar-refractivity contribution in [3.63, 3.8) is 0 Å². The molecule has 0 unspecified atom stereocenters. The van der Waals surface area contributed by atoms with Gasteiger partial charge in [0.25, 0.3) is 0 Å². The van der Waals surface area contributed by atoms with E-state index in [1.54, 1.807) is 7.05 Å². The summed E-state index contributed by atoms with van der Waals surface area (Å²) in [6.07, 6.45) is 5.16. The zero-order chi connectivity index (χ0) is 14.7. The Hall–Kier alpha value is -1.08. The molecule has 0 aliphatic carbocycles. The van der Waals surface area contributed by atoms with Crippen molar-refractivity contribution in [3.05, 3.63) is 51.3 Å². The van der Waals surface area contributed by atoms with E-state index < -0.39 is 0 Å². The fraction of sp³-hybridized carbons (Fsp3) is 0.188. The number of aromatic nitrogens is 1. The van der Waals surface area contributed by atoms with Crippen LogP contribution in [0.15, 0.2) is 29.1 Å². The van der Waals surface area contributed by atoms with Gasteiger partial charge in [0.1, 0.15) is 12.4 Å². The van der Waals surface area contributed by atoms with Gasteiger partial charge in [0.2, 0.25) is 5.56 Å². The molecule has 105 valence electrons. The van der Waals surface area contributed by atoms with Crippen LogP contribution in [0.2, 0.25) is 5.02 Å². The van der Waals surface area contributed by atoms with Crippen molar-refractivity contribution < 1.29 is 37.4 Å². The summed E-state index contributed by atoms with van der Waals surface area (Å²) in [5, 5.41) is 0.155. The molecule has 2 rings (SSSR count). The minimum atomic E-state index is -0.243. The molecule has 0 bridgehead atoms. The van der Waals surface area contributed by atoms with Crippen LogP contribution in [0, 0.1) is 25.3 Å². The molecule has 0 saturated heterocycles. The zero-order valence-corrected chi connectivity index (χ0v) is 15.4. The van der Waals surface area contributed by atoms with Crippen molar-refractivity contribution in [2.45, 2.75) is 6.92 Å². The average Bonchev–Trinajstić information content (AvgIpc) is 2.44. The standard InChI is InChI=1S/C16H13ClNO2.Y/c1-4-9-20-12-5-6-13(11(2)10-12)15-8-7-14(17)16(19)18(15)3;/h1,5-7,10H,9H2,2-3H3;/q-1;. The summed E-state index contributed by atoms with van der Waals surface area (Å²) in [5.74, 6) is 3.11. The Morgan fingerprint density at radius 2 is 2.19 bits per heavy atom. The van der Waals surface area contributed by atoms with Gasteiger partial charge >= 0.3 is 0 Å². The molecule has 5 heteroatoms. The Morgan fingerprint density at radius 1 is 1.48 bits per heavy atom. The summed E-state index contributed by atoms with van der Waals surface area (Å²) in [6, 6.07) is 10.1. The zero-order valence-electron chi connectivity index (χ0n) is 11.8. The van der Waals surface area contributed by atoms with Crippen LogP contribution in [-0.4, -0.2) is 11.2 Å². The molecule has 21 heavy (non-hydrogen) atoms. The first kappa shape index (κ1) is 18.0. The van der Waals surface area contributed by atoms with Gasteiger partial charge in [-0.3, -0.25) is 4.79 Å². The molecule has 0 atom stereocenters. The molecule has 0 aliphatic rings. The summed E-state index contributed by atoms with van der Waals surface area (Å²) >= 11 is 5.79. The van der Waals surface area contributed by atoms with Gasteiger partial charge in [0, 0.05) is 44.8 Å². The molecule has 3 nitrogen and oxygen atoms in total. The first-order chi connectivity index (χ1) is 9.54. The quantitative estimate of drug-likeness (QED) is 0.610. The van der Waals surface area contributed by atoms with Gasteiger partial charge in [-0.25, -0.2) is 0 Å². The van der Waals surface area contributed by atoms with Crippen molar-refractivity contribution >= 4 is 11.6 Å². The van der Waals surface area contributed by atoms with Crippen LogP contribution >= 0.6 is 11.6 Å². The Kier molecular flexibility index (Phi) is 6.67. The van der Waals surface area contributed by atoms with Gasteiger partial charge in [0.05, 0.1) is 0 Å². The second-order valence-electron chi connectivity index (χ2n) is 4.32. The molecule has 0 fully saturated rings. The largest absolute Gasteiger partial charge is 0.481 e. The summed E-state index contributed by atoms with van der Waals surface area (Å²) in [6.45, 7) is 2.16. The monoisotopic (exact) mass is 375 g/mol. The predicted octanol–water partition coefficient (Wildman–Crippen LogP) is 2.82. The first-order valence-electron chi connectivity index (χ1n) is 5.99. The average molecular weight is 376 g/mol. The molecule has 0 N–H and O–H groups in total. The number of aryl methyl sites for hydroxylation is 1. The Bertz CT molecular complexity index is 747. The van der Waals surface area contributed by atoms with E-state index >= 15 is 0 Å². The van der Waals surface area contributed by atoms with E-state index in [-0.39, 0.29) is 49.9 Å². The van der Waals surface area contributed by atoms with Crippen molar-refractivity contribution in [1.82, 2.24) is 4.57 Å². The molecular weight excluding hydrogens is 363 g/mol. The van der Waals surface area contributed by atoms with Crippen LogP contribution in [-0.2, 0) is 39.8 Å². The molecule has 0 spiro atoms. The van der Waals surface area contributed by atoms with Crippen molar-refractivity contribution in [3.8, 4) is 29.4 Å². The van der Waals surface area contributed by atoms with Gasteiger partial charge < -0.3 is 9.30 Å². The maximum atomic E-state index is 11.8. The number of hydrogen-bond acceptors (Lipinski definition) is 2. The number of terminal acetylenes is 1. The van der Waals surface area contributed by atoms with Crippen LogP contribution in [0.4, 0.5) is 0 Å². The summed E-state index contributed by atoms with van der Waals surface area (Å²) in [7, 11) is 1.67. The second kappa shape index (κ2) is 7.80. The van der Waals surface area contributed by atoms with Crippen LogP contribution in [0.5, 0.6) is 5.75 Å². The van der Waals surface area contributed by atoms with Gasteiger partial charge in [-0.1, -0.05) is 29.7 Å². The minimum absolute atomic E-state index is 0. The summed E-state index contributed by atoms with van der Waals surface area (Å²) < 4.78 is 6.84. The first-order valence-corrected chi connectivity index (χ1v) is 6.37. The molecule has 1 radical (unpaired) electrons. The van der Waals surface area contributed by atoms with E-state index in [2.05, 4.69) is 12.0 Å². The van der Waals surface area contributed by atoms with Gasteiger partial charge in [-0.15, -0.1) is 12.5 Å². The van der Waals surface area contributed by atoms with E-state index in [1.165, 1.54) is 10.6 Å². The van der Waals surface area contributed by atoms with Gasteiger partial charge in [0.15, 0.2) is 0 Å². The normalized spacial score (nSPS) is 9.62. The van der Waals surface area contributed by atoms with Crippen LogP contribution in [0.25, 0.3) is 11.3 Å².